The molecule has 0 aliphatic carbocycles. The number of thiophene rings is 1. The van der Waals surface area contributed by atoms with E-state index in [1.54, 1.807) is 13.1 Å². The summed E-state index contributed by atoms with van der Waals surface area (Å²) < 4.78 is 9.80. The number of aryl methyl sites for hydroxylation is 1. The predicted molar refractivity (Wildman–Crippen MR) is 144 cm³/mol. The van der Waals surface area contributed by atoms with Crippen molar-refractivity contribution in [3.63, 3.8) is 0 Å². The van der Waals surface area contributed by atoms with Crippen molar-refractivity contribution in [2.75, 3.05) is 0 Å². The van der Waals surface area contributed by atoms with Crippen LogP contribution in [0.4, 0.5) is 0 Å². The lowest BCUT2D eigenvalue weighted by molar-refractivity contribution is -0.105. The molecule has 1 aliphatic rings. The number of halogens is 2. The summed E-state index contributed by atoms with van der Waals surface area (Å²) in [6.45, 7) is 4.40. The van der Waals surface area contributed by atoms with Gasteiger partial charge in [-0.1, -0.05) is 23.2 Å². The van der Waals surface area contributed by atoms with Crippen molar-refractivity contribution in [1.29, 1.82) is 0 Å². The van der Waals surface area contributed by atoms with Crippen LogP contribution < -0.4 is 11.2 Å². The van der Waals surface area contributed by atoms with Crippen molar-refractivity contribution in [3.05, 3.63) is 78.1 Å². The summed E-state index contributed by atoms with van der Waals surface area (Å²) in [6.07, 6.45) is 6.77. The van der Waals surface area contributed by atoms with Gasteiger partial charge in [-0.05, 0) is 56.9 Å². The van der Waals surface area contributed by atoms with Gasteiger partial charge in [-0.25, -0.2) is 14.8 Å². The Morgan fingerprint density at radius 2 is 2.00 bits per heavy atom. The van der Waals surface area contributed by atoms with E-state index in [0.717, 1.165) is 51.2 Å². The number of aromatic nitrogens is 4. The second kappa shape index (κ2) is 9.74. The Kier molecular flexibility index (Phi) is 6.80. The summed E-state index contributed by atoms with van der Waals surface area (Å²) in [5, 5.41) is 1.10. The van der Waals surface area contributed by atoms with Crippen LogP contribution in [0.2, 0.25) is 10.0 Å². The van der Waals surface area contributed by atoms with Gasteiger partial charge in [-0.2, -0.15) is 0 Å². The van der Waals surface area contributed by atoms with Crippen LogP contribution in [0.15, 0.2) is 46.4 Å². The Balaban J connectivity index is 1.58. The first-order valence-corrected chi connectivity index (χ1v) is 13.3. The average Bonchev–Trinajstić information content (AvgIpc) is 3.23. The van der Waals surface area contributed by atoms with E-state index in [4.69, 9.17) is 27.9 Å². The van der Waals surface area contributed by atoms with Gasteiger partial charge in [-0.15, -0.1) is 11.3 Å². The van der Waals surface area contributed by atoms with Crippen molar-refractivity contribution in [1.82, 2.24) is 19.1 Å². The van der Waals surface area contributed by atoms with Gasteiger partial charge in [-0.3, -0.25) is 9.36 Å². The van der Waals surface area contributed by atoms with Crippen molar-refractivity contribution in [2.45, 2.75) is 57.8 Å². The minimum Gasteiger partial charge on any atom is -0.372 e. The first-order valence-electron chi connectivity index (χ1n) is 11.8. The molecule has 0 bridgehead atoms. The lowest BCUT2D eigenvalue weighted by Gasteiger charge is -2.36. The van der Waals surface area contributed by atoms with Crippen molar-refractivity contribution < 1.29 is 4.74 Å². The fourth-order valence-electron chi connectivity index (χ4n) is 4.81. The highest BCUT2D eigenvalue weighted by atomic mass is 35.5. The van der Waals surface area contributed by atoms with Gasteiger partial charge >= 0.3 is 5.69 Å². The number of benzene rings is 1. The highest BCUT2D eigenvalue weighted by Crippen LogP contribution is 2.40. The van der Waals surface area contributed by atoms with Gasteiger partial charge in [0.25, 0.3) is 5.56 Å². The Hall–Kier alpha value is -2.52. The molecule has 1 aliphatic heterocycles. The molecule has 36 heavy (non-hydrogen) atoms. The van der Waals surface area contributed by atoms with E-state index in [-0.39, 0.29) is 29.5 Å². The zero-order valence-electron chi connectivity index (χ0n) is 20.3. The minimum absolute atomic E-state index is 0.0450. The number of hydrogen-bond donors (Lipinski definition) is 0. The first kappa shape index (κ1) is 25.1. The van der Waals surface area contributed by atoms with E-state index >= 15 is 0 Å². The van der Waals surface area contributed by atoms with Crippen LogP contribution in [0.25, 0.3) is 21.5 Å². The maximum Gasteiger partial charge on any atom is 0.331 e. The molecule has 3 aromatic heterocycles. The third-order valence-electron chi connectivity index (χ3n) is 6.55. The summed E-state index contributed by atoms with van der Waals surface area (Å²) in [4.78, 5) is 34.7. The van der Waals surface area contributed by atoms with Gasteiger partial charge in [0.2, 0.25) is 0 Å². The predicted octanol–water partition coefficient (Wildman–Crippen LogP) is 5.46. The molecular formula is C26H26Cl2N4O3S. The molecule has 4 aromatic rings. The second-order valence-electron chi connectivity index (χ2n) is 9.79. The molecule has 1 aromatic carbocycles. The maximum absolute atomic E-state index is 12.5. The average molecular weight is 545 g/mol. The first-order chi connectivity index (χ1) is 17.1. The fourth-order valence-corrected chi connectivity index (χ4v) is 6.48. The SMILES string of the molecule is Cn1ccc(=O)n(Cc2cc3ncnc(-c4cc(Cl)cc(Cl)c4CC4CCCC(C)(C)O4)c3s2)c1=O. The molecule has 0 spiro atoms. The number of fused-ring (bicyclic) bond motifs is 1. The molecule has 7 nitrogen and oxygen atoms in total. The summed E-state index contributed by atoms with van der Waals surface area (Å²) in [5.74, 6) is 0. The third kappa shape index (κ3) is 5.00. The smallest absolute Gasteiger partial charge is 0.331 e. The molecule has 4 heterocycles. The fraction of sp³-hybridized carbons (Fsp3) is 0.385. The zero-order valence-corrected chi connectivity index (χ0v) is 22.6. The Labute approximate surface area is 222 Å². The van der Waals surface area contributed by atoms with E-state index in [1.165, 1.54) is 39.1 Å². The molecule has 1 atom stereocenters. The monoisotopic (exact) mass is 544 g/mol. The molecular weight excluding hydrogens is 519 g/mol. The Bertz CT molecular complexity index is 1570. The highest BCUT2D eigenvalue weighted by Gasteiger charge is 2.30. The van der Waals surface area contributed by atoms with Gasteiger partial charge in [0.05, 0.1) is 34.2 Å². The van der Waals surface area contributed by atoms with Crippen molar-refractivity contribution in [3.8, 4) is 11.3 Å². The molecule has 0 amide bonds. The largest absolute Gasteiger partial charge is 0.372 e. The molecule has 1 saturated heterocycles. The van der Waals surface area contributed by atoms with Crippen LogP contribution in [-0.2, 0) is 24.8 Å². The Morgan fingerprint density at radius 1 is 1.19 bits per heavy atom. The second-order valence-corrected chi connectivity index (χ2v) is 11.8. The molecule has 10 heteroatoms. The molecule has 1 fully saturated rings. The number of ether oxygens (including phenoxy) is 1. The Morgan fingerprint density at radius 3 is 2.78 bits per heavy atom. The standard InChI is InChI=1S/C26H26Cl2N4O3S/c1-26(2)7-4-5-16(35-26)11-18-19(9-15(27)10-20(18)28)23-24-21(29-14-30-23)12-17(36-24)13-32-22(33)6-8-31(3)25(32)34/h6,8-10,12,14,16H,4-5,7,11,13H2,1-3H3. The molecule has 1 unspecified atom stereocenters. The third-order valence-corrected chi connectivity index (χ3v) is 8.22. The minimum atomic E-state index is -0.370. The number of nitrogens with zero attached hydrogens (tertiary/aromatic N) is 4. The number of rotatable bonds is 5. The van der Waals surface area contributed by atoms with Gasteiger partial charge < -0.3 is 9.30 Å². The van der Waals surface area contributed by atoms with Gasteiger partial charge in [0, 0.05) is 46.2 Å². The normalized spacial score (nSPS) is 17.5. The summed E-state index contributed by atoms with van der Waals surface area (Å²) in [7, 11) is 1.62. The van der Waals surface area contributed by atoms with E-state index < -0.39 is 0 Å². The summed E-state index contributed by atoms with van der Waals surface area (Å²) in [5.41, 5.74) is 2.35. The van der Waals surface area contributed by atoms with E-state index in [9.17, 15) is 9.59 Å². The van der Waals surface area contributed by atoms with Crippen LogP contribution >= 0.6 is 34.5 Å². The summed E-state index contributed by atoms with van der Waals surface area (Å²) >= 11 is 14.6. The van der Waals surface area contributed by atoms with E-state index in [1.807, 2.05) is 12.1 Å². The van der Waals surface area contributed by atoms with Gasteiger partial charge in [0.1, 0.15) is 6.33 Å². The van der Waals surface area contributed by atoms with Crippen LogP contribution in [0.1, 0.15) is 43.6 Å². The lowest BCUT2D eigenvalue weighted by Crippen LogP contribution is -2.37. The van der Waals surface area contributed by atoms with Crippen LogP contribution in [0, 0.1) is 0 Å². The topological polar surface area (TPSA) is 79.0 Å². The van der Waals surface area contributed by atoms with Crippen molar-refractivity contribution >= 4 is 44.8 Å². The molecule has 0 saturated carbocycles. The molecule has 0 radical (unpaired) electrons. The van der Waals surface area contributed by atoms with Crippen LogP contribution in [0.3, 0.4) is 0 Å². The van der Waals surface area contributed by atoms with E-state index in [0.29, 0.717) is 16.5 Å². The number of hydrogen-bond acceptors (Lipinski definition) is 6. The highest BCUT2D eigenvalue weighted by molar-refractivity contribution is 7.19. The van der Waals surface area contributed by atoms with Crippen molar-refractivity contribution in [2.24, 2.45) is 7.05 Å². The quantitative estimate of drug-likeness (QED) is 0.333. The van der Waals surface area contributed by atoms with E-state index in [2.05, 4.69) is 23.8 Å². The molecule has 188 valence electrons. The van der Waals surface area contributed by atoms with Crippen LogP contribution in [0.5, 0.6) is 0 Å². The van der Waals surface area contributed by atoms with Crippen LogP contribution in [-0.4, -0.2) is 30.8 Å². The maximum atomic E-state index is 12.5. The zero-order chi connectivity index (χ0) is 25.6. The van der Waals surface area contributed by atoms with Gasteiger partial charge in [0.15, 0.2) is 0 Å². The molecule has 0 N–H and O–H groups in total. The summed E-state index contributed by atoms with van der Waals surface area (Å²) in [6, 6.07) is 6.92. The lowest BCUT2D eigenvalue weighted by atomic mass is 9.90. The molecule has 5 rings (SSSR count).